The number of rotatable bonds is 0. The van der Waals surface area contributed by atoms with Crippen molar-refractivity contribution in [3.63, 3.8) is 0 Å². The maximum atomic E-state index is 6.21. The molecule has 1 spiro atoms. The fourth-order valence-electron chi connectivity index (χ4n) is 4.73. The lowest BCUT2D eigenvalue weighted by atomic mass is 9.75. The number of ether oxygens (including phenoxy) is 3. The molecule has 1 fully saturated rings. The van der Waals surface area contributed by atoms with Gasteiger partial charge in [0.15, 0.2) is 11.5 Å². The van der Waals surface area contributed by atoms with Crippen LogP contribution in [0.5, 0.6) is 17.2 Å². The zero-order valence-corrected chi connectivity index (χ0v) is 14.5. The van der Waals surface area contributed by atoms with Crippen LogP contribution in [0.25, 0.3) is 0 Å². The van der Waals surface area contributed by atoms with Gasteiger partial charge in [0, 0.05) is 24.7 Å². The molecule has 132 valence electrons. The molecule has 4 aliphatic heterocycles. The summed E-state index contributed by atoms with van der Waals surface area (Å²) in [5, 5.41) is 0. The maximum absolute atomic E-state index is 6.21. The average molecular weight is 348 g/mol. The highest BCUT2D eigenvalue weighted by molar-refractivity contribution is 6.05. The van der Waals surface area contributed by atoms with Gasteiger partial charge in [-0.3, -0.25) is 0 Å². The molecular formula is C21H20N2O3. The van der Waals surface area contributed by atoms with Crippen LogP contribution >= 0.6 is 0 Å². The number of likely N-dealkylation sites (tertiary alicyclic amines) is 1. The predicted octanol–water partition coefficient (Wildman–Crippen LogP) is 3.28. The average Bonchev–Trinajstić information content (AvgIpc) is 3.40. The smallest absolute Gasteiger partial charge is 0.165 e. The molecule has 0 aliphatic carbocycles. The van der Waals surface area contributed by atoms with Crippen LogP contribution in [0, 0.1) is 0 Å². The summed E-state index contributed by atoms with van der Waals surface area (Å²) in [4.78, 5) is 7.51. The molecule has 0 bridgehead atoms. The van der Waals surface area contributed by atoms with Crippen molar-refractivity contribution in [3.8, 4) is 17.2 Å². The second-order valence-electron chi connectivity index (χ2n) is 7.33. The van der Waals surface area contributed by atoms with E-state index in [4.69, 9.17) is 19.2 Å². The molecule has 0 aromatic heterocycles. The Morgan fingerprint density at radius 2 is 1.62 bits per heavy atom. The van der Waals surface area contributed by atoms with E-state index in [9.17, 15) is 0 Å². The van der Waals surface area contributed by atoms with Crippen molar-refractivity contribution in [2.45, 2.75) is 18.3 Å². The van der Waals surface area contributed by atoms with Gasteiger partial charge in [0.1, 0.15) is 36.8 Å². The largest absolute Gasteiger partial charge is 0.491 e. The van der Waals surface area contributed by atoms with E-state index in [0.717, 1.165) is 47.4 Å². The Morgan fingerprint density at radius 1 is 0.846 bits per heavy atom. The monoisotopic (exact) mass is 348 g/mol. The summed E-state index contributed by atoms with van der Waals surface area (Å²) in [6.45, 7) is 3.88. The third kappa shape index (κ3) is 1.78. The number of benzene rings is 2. The van der Waals surface area contributed by atoms with Crippen LogP contribution in [-0.4, -0.2) is 43.6 Å². The molecule has 26 heavy (non-hydrogen) atoms. The standard InChI is InChI=1S/C21H20N2O3/c1-2-6-16-14(5-1)21(20(22-16)23-7-3-4-8-23)13-26-17-12-19-18(11-15(17)21)24-9-10-25-19/h1-2,5-6,11-12H,3-4,7-10,13H2. The predicted molar refractivity (Wildman–Crippen MR) is 98.1 cm³/mol. The van der Waals surface area contributed by atoms with E-state index in [0.29, 0.717) is 19.8 Å². The van der Waals surface area contributed by atoms with Crippen molar-refractivity contribution in [2.24, 2.45) is 4.99 Å². The Kier molecular flexibility index (Phi) is 2.87. The van der Waals surface area contributed by atoms with Crippen LogP contribution in [-0.2, 0) is 5.41 Å². The molecule has 0 amide bonds. The van der Waals surface area contributed by atoms with Gasteiger partial charge in [-0.1, -0.05) is 18.2 Å². The number of aliphatic imine (C=N–C) groups is 1. The highest BCUT2D eigenvalue weighted by atomic mass is 16.6. The number of fused-ring (bicyclic) bond motifs is 5. The maximum Gasteiger partial charge on any atom is 0.165 e. The first kappa shape index (κ1) is 14.5. The number of amidine groups is 1. The number of hydrogen-bond acceptors (Lipinski definition) is 5. The summed E-state index contributed by atoms with van der Waals surface area (Å²) in [6.07, 6.45) is 2.45. The molecule has 0 radical (unpaired) electrons. The second-order valence-corrected chi connectivity index (χ2v) is 7.33. The van der Waals surface area contributed by atoms with E-state index < -0.39 is 0 Å². The normalized spacial score (nSPS) is 25.1. The fraction of sp³-hybridized carbons (Fsp3) is 0.381. The molecule has 1 saturated heterocycles. The molecule has 1 unspecified atom stereocenters. The quantitative estimate of drug-likeness (QED) is 0.733. The highest BCUT2D eigenvalue weighted by Gasteiger charge is 2.53. The number of hydrogen-bond donors (Lipinski definition) is 0. The molecular weight excluding hydrogens is 328 g/mol. The lowest BCUT2D eigenvalue weighted by molar-refractivity contribution is 0.171. The molecule has 2 aromatic rings. The second kappa shape index (κ2) is 5.16. The van der Waals surface area contributed by atoms with Crippen molar-refractivity contribution in [1.82, 2.24) is 4.90 Å². The zero-order valence-electron chi connectivity index (χ0n) is 14.5. The Labute approximate surface area is 152 Å². The van der Waals surface area contributed by atoms with E-state index in [1.807, 2.05) is 6.07 Å². The SMILES string of the molecule is c1ccc2c(c1)N=C(N1CCCC1)C21COc2cc3c(cc21)OCCO3. The molecule has 4 aliphatic rings. The van der Waals surface area contributed by atoms with Gasteiger partial charge >= 0.3 is 0 Å². The molecule has 5 nitrogen and oxygen atoms in total. The third-order valence-electron chi connectivity index (χ3n) is 5.93. The van der Waals surface area contributed by atoms with Crippen molar-refractivity contribution >= 4 is 11.5 Å². The molecule has 6 rings (SSSR count). The Balaban J connectivity index is 1.58. The van der Waals surface area contributed by atoms with Crippen LogP contribution < -0.4 is 14.2 Å². The van der Waals surface area contributed by atoms with Crippen LogP contribution in [0.4, 0.5) is 5.69 Å². The molecule has 4 heterocycles. The summed E-state index contributed by atoms with van der Waals surface area (Å²) in [5.41, 5.74) is 3.10. The van der Waals surface area contributed by atoms with Gasteiger partial charge in [-0.2, -0.15) is 0 Å². The topological polar surface area (TPSA) is 43.3 Å². The van der Waals surface area contributed by atoms with Gasteiger partial charge in [-0.05, 0) is 30.5 Å². The lowest BCUT2D eigenvalue weighted by Crippen LogP contribution is -2.45. The van der Waals surface area contributed by atoms with Crippen LogP contribution in [0.15, 0.2) is 41.4 Å². The van der Waals surface area contributed by atoms with Crippen LogP contribution in [0.2, 0.25) is 0 Å². The van der Waals surface area contributed by atoms with Gasteiger partial charge in [0.25, 0.3) is 0 Å². The van der Waals surface area contributed by atoms with Crippen LogP contribution in [0.1, 0.15) is 24.0 Å². The Morgan fingerprint density at radius 3 is 2.46 bits per heavy atom. The van der Waals surface area contributed by atoms with Crippen molar-refractivity contribution in [3.05, 3.63) is 47.5 Å². The van der Waals surface area contributed by atoms with Gasteiger partial charge in [-0.25, -0.2) is 4.99 Å². The summed E-state index contributed by atoms with van der Waals surface area (Å²) in [7, 11) is 0. The van der Waals surface area contributed by atoms with E-state index in [1.165, 1.54) is 18.4 Å². The summed E-state index contributed by atoms with van der Waals surface area (Å²) >= 11 is 0. The highest BCUT2D eigenvalue weighted by Crippen LogP contribution is 2.54. The summed E-state index contributed by atoms with van der Waals surface area (Å²) in [5.74, 6) is 3.60. The Bertz CT molecular complexity index is 933. The molecule has 5 heteroatoms. The van der Waals surface area contributed by atoms with E-state index in [2.05, 4.69) is 35.2 Å². The molecule has 1 atom stereocenters. The molecule has 0 N–H and O–H groups in total. The van der Waals surface area contributed by atoms with E-state index >= 15 is 0 Å². The number of para-hydroxylation sites is 1. The van der Waals surface area contributed by atoms with Crippen LogP contribution in [0.3, 0.4) is 0 Å². The number of nitrogens with zero attached hydrogens (tertiary/aromatic N) is 2. The first-order valence-electron chi connectivity index (χ1n) is 9.37. The van der Waals surface area contributed by atoms with Crippen molar-refractivity contribution < 1.29 is 14.2 Å². The molecule has 2 aromatic carbocycles. The lowest BCUT2D eigenvalue weighted by Gasteiger charge is -2.32. The van der Waals surface area contributed by atoms with Gasteiger partial charge in [0.05, 0.1) is 5.69 Å². The minimum atomic E-state index is -0.341. The zero-order chi connectivity index (χ0) is 17.1. The Hall–Kier alpha value is -2.69. The van der Waals surface area contributed by atoms with E-state index in [1.54, 1.807) is 0 Å². The van der Waals surface area contributed by atoms with Crippen molar-refractivity contribution in [2.75, 3.05) is 32.9 Å². The first-order chi connectivity index (χ1) is 12.9. The van der Waals surface area contributed by atoms with E-state index in [-0.39, 0.29) is 5.41 Å². The van der Waals surface area contributed by atoms with Crippen molar-refractivity contribution in [1.29, 1.82) is 0 Å². The minimum Gasteiger partial charge on any atom is -0.491 e. The summed E-state index contributed by atoms with van der Waals surface area (Å²) < 4.78 is 17.8. The van der Waals surface area contributed by atoms with Gasteiger partial charge in [-0.15, -0.1) is 0 Å². The van der Waals surface area contributed by atoms with Gasteiger partial charge < -0.3 is 19.1 Å². The summed E-state index contributed by atoms with van der Waals surface area (Å²) in [6, 6.07) is 12.6. The third-order valence-corrected chi connectivity index (χ3v) is 5.93. The first-order valence-corrected chi connectivity index (χ1v) is 9.37. The molecule has 0 saturated carbocycles. The van der Waals surface area contributed by atoms with Gasteiger partial charge in [0.2, 0.25) is 0 Å². The minimum absolute atomic E-state index is 0.341. The fourth-order valence-corrected chi connectivity index (χ4v) is 4.73.